The molecule has 0 amide bonds. The van der Waals surface area contributed by atoms with Gasteiger partial charge in [-0.05, 0) is 79.9 Å². The van der Waals surface area contributed by atoms with Crippen LogP contribution in [-0.2, 0) is 6.42 Å². The predicted molar refractivity (Wildman–Crippen MR) is 97.2 cm³/mol. The molecule has 4 aliphatic carbocycles. The van der Waals surface area contributed by atoms with Crippen LogP contribution in [0.4, 0.5) is 8.78 Å². The Morgan fingerprint density at radius 2 is 1.75 bits per heavy atom. The van der Waals surface area contributed by atoms with Crippen molar-refractivity contribution >= 4 is 0 Å². The molecule has 0 saturated heterocycles. The third kappa shape index (κ3) is 3.25. The maximum atomic E-state index is 12.5. The van der Waals surface area contributed by atoms with E-state index in [1.165, 1.54) is 51.7 Å². The second-order valence-electron chi connectivity index (χ2n) is 8.84. The molecule has 1 aromatic carbocycles. The van der Waals surface area contributed by atoms with Gasteiger partial charge in [-0.25, -0.2) is 0 Å². The summed E-state index contributed by atoms with van der Waals surface area (Å²) in [6.07, 6.45) is 8.90. The normalized spacial score (nSPS) is 30.8. The summed E-state index contributed by atoms with van der Waals surface area (Å²) in [6.45, 7) is -2.91. The molecule has 28 heavy (non-hydrogen) atoms. The Hall–Kier alpha value is -2.18. The highest BCUT2D eigenvalue weighted by Gasteiger charge is 2.51. The lowest BCUT2D eigenvalue weighted by molar-refractivity contribution is -0.0550. The van der Waals surface area contributed by atoms with Crippen LogP contribution in [0.3, 0.4) is 0 Å². The van der Waals surface area contributed by atoms with Crippen LogP contribution in [0.2, 0.25) is 0 Å². The molecule has 1 aromatic heterocycles. The minimum atomic E-state index is -2.91. The van der Waals surface area contributed by atoms with Crippen molar-refractivity contribution in [2.75, 3.05) is 7.11 Å². The fraction of sp³-hybridized carbons (Fsp3) is 0.619. The van der Waals surface area contributed by atoms with Crippen LogP contribution in [0.15, 0.2) is 22.6 Å². The van der Waals surface area contributed by atoms with Crippen LogP contribution < -0.4 is 9.47 Å². The van der Waals surface area contributed by atoms with Gasteiger partial charge in [-0.3, -0.25) is 0 Å². The molecule has 4 saturated carbocycles. The van der Waals surface area contributed by atoms with Gasteiger partial charge >= 0.3 is 6.61 Å². The highest BCUT2D eigenvalue weighted by atomic mass is 19.3. The average Bonchev–Trinajstić information content (AvgIpc) is 3.08. The molecule has 7 heteroatoms. The maximum absolute atomic E-state index is 12.5. The molecule has 6 rings (SSSR count). The number of methoxy groups -OCH3 is 1. The lowest BCUT2D eigenvalue weighted by Gasteiger charge is -2.56. The zero-order valence-corrected chi connectivity index (χ0v) is 15.9. The van der Waals surface area contributed by atoms with Crippen molar-refractivity contribution < 1.29 is 22.7 Å². The van der Waals surface area contributed by atoms with Crippen LogP contribution in [0.5, 0.6) is 11.5 Å². The Bertz CT molecular complexity index is 832. The molecular formula is C21H24F2N2O3. The molecule has 5 nitrogen and oxygen atoms in total. The van der Waals surface area contributed by atoms with Crippen LogP contribution in [-0.4, -0.2) is 23.9 Å². The van der Waals surface area contributed by atoms with Gasteiger partial charge in [0.15, 0.2) is 11.5 Å². The van der Waals surface area contributed by atoms with E-state index >= 15 is 0 Å². The minimum Gasteiger partial charge on any atom is -0.493 e. The number of ether oxygens (including phenoxy) is 2. The summed E-state index contributed by atoms with van der Waals surface area (Å²) in [5.41, 5.74) is 0.952. The van der Waals surface area contributed by atoms with Gasteiger partial charge < -0.3 is 13.9 Å². The Balaban J connectivity index is 1.35. The SMILES string of the molecule is COc1cc(-c2nnc(CC34CC5CC(CC(C5)C3)C4)o2)ccc1OC(F)F. The van der Waals surface area contributed by atoms with E-state index in [1.54, 1.807) is 12.1 Å². The molecule has 0 spiro atoms. The zero-order valence-electron chi connectivity index (χ0n) is 15.9. The number of halogens is 2. The van der Waals surface area contributed by atoms with Crippen molar-refractivity contribution in [3.8, 4) is 23.0 Å². The smallest absolute Gasteiger partial charge is 0.387 e. The molecule has 1 heterocycles. The molecule has 4 aliphatic rings. The van der Waals surface area contributed by atoms with Gasteiger partial charge in [0.25, 0.3) is 0 Å². The number of rotatable bonds is 6. The number of benzene rings is 1. The summed E-state index contributed by atoms with van der Waals surface area (Å²) >= 11 is 0. The lowest BCUT2D eigenvalue weighted by Crippen LogP contribution is -2.47. The summed E-state index contributed by atoms with van der Waals surface area (Å²) in [7, 11) is 1.41. The second-order valence-corrected chi connectivity index (χ2v) is 8.84. The summed E-state index contributed by atoms with van der Waals surface area (Å²) in [5.74, 6) is 3.86. The first kappa shape index (κ1) is 17.9. The molecule has 0 unspecified atom stereocenters. The first-order valence-electron chi connectivity index (χ1n) is 9.97. The van der Waals surface area contributed by atoms with Gasteiger partial charge in [0.1, 0.15) is 0 Å². The summed E-state index contributed by atoms with van der Waals surface area (Å²) < 4.78 is 40.6. The average molecular weight is 390 g/mol. The largest absolute Gasteiger partial charge is 0.493 e. The van der Waals surface area contributed by atoms with Gasteiger partial charge in [-0.2, -0.15) is 8.78 Å². The molecule has 4 fully saturated rings. The monoisotopic (exact) mass is 390 g/mol. The van der Waals surface area contributed by atoms with Crippen molar-refractivity contribution in [1.29, 1.82) is 0 Å². The third-order valence-electron chi connectivity index (χ3n) is 6.78. The highest BCUT2D eigenvalue weighted by molar-refractivity contribution is 5.59. The quantitative estimate of drug-likeness (QED) is 0.686. The first-order chi connectivity index (χ1) is 13.5. The summed E-state index contributed by atoms with van der Waals surface area (Å²) in [5, 5.41) is 8.48. The van der Waals surface area contributed by atoms with Crippen molar-refractivity contribution in [3.05, 3.63) is 24.1 Å². The first-order valence-corrected chi connectivity index (χ1v) is 9.97. The van der Waals surface area contributed by atoms with Gasteiger partial charge in [-0.15, -0.1) is 10.2 Å². The second kappa shape index (κ2) is 6.71. The van der Waals surface area contributed by atoms with Crippen LogP contribution in [0.1, 0.15) is 44.4 Å². The molecule has 0 aliphatic heterocycles. The van der Waals surface area contributed by atoms with E-state index in [0.717, 1.165) is 24.2 Å². The Morgan fingerprint density at radius 3 is 2.36 bits per heavy atom. The summed E-state index contributed by atoms with van der Waals surface area (Å²) in [6, 6.07) is 4.64. The fourth-order valence-electron chi connectivity index (χ4n) is 6.26. The molecule has 0 N–H and O–H groups in total. The number of nitrogens with zero attached hydrogens (tertiary/aromatic N) is 2. The number of hydrogen-bond donors (Lipinski definition) is 0. The molecule has 0 radical (unpaired) electrons. The fourth-order valence-corrected chi connectivity index (χ4v) is 6.26. The van der Waals surface area contributed by atoms with E-state index in [0.29, 0.717) is 22.8 Å². The zero-order chi connectivity index (χ0) is 19.3. The number of aromatic nitrogens is 2. The van der Waals surface area contributed by atoms with E-state index in [4.69, 9.17) is 9.15 Å². The van der Waals surface area contributed by atoms with Gasteiger partial charge in [-0.1, -0.05) is 0 Å². The summed E-state index contributed by atoms with van der Waals surface area (Å²) in [4.78, 5) is 0. The van der Waals surface area contributed by atoms with E-state index in [-0.39, 0.29) is 11.5 Å². The maximum Gasteiger partial charge on any atom is 0.387 e. The van der Waals surface area contributed by atoms with Gasteiger partial charge in [0.05, 0.1) is 7.11 Å². The Morgan fingerprint density at radius 1 is 1.07 bits per heavy atom. The van der Waals surface area contributed by atoms with E-state index < -0.39 is 6.61 Å². The van der Waals surface area contributed by atoms with Gasteiger partial charge in [0.2, 0.25) is 11.8 Å². The van der Waals surface area contributed by atoms with Crippen LogP contribution in [0, 0.1) is 23.2 Å². The van der Waals surface area contributed by atoms with Crippen molar-refractivity contribution in [1.82, 2.24) is 10.2 Å². The van der Waals surface area contributed by atoms with E-state index in [9.17, 15) is 8.78 Å². The standard InChI is InChI=1S/C21H24F2N2O3/c1-26-17-7-15(2-3-16(17)27-20(22)23)19-25-24-18(28-19)11-21-8-12-4-13(9-21)6-14(5-12)10-21/h2-3,7,12-14,20H,4-6,8-11H2,1H3. The molecule has 4 bridgehead atoms. The highest BCUT2D eigenvalue weighted by Crippen LogP contribution is 2.61. The lowest BCUT2D eigenvalue weighted by atomic mass is 9.49. The topological polar surface area (TPSA) is 57.4 Å². The minimum absolute atomic E-state index is 0.0189. The van der Waals surface area contributed by atoms with E-state index in [2.05, 4.69) is 14.9 Å². The number of hydrogen-bond acceptors (Lipinski definition) is 5. The third-order valence-corrected chi connectivity index (χ3v) is 6.78. The van der Waals surface area contributed by atoms with Crippen LogP contribution in [0.25, 0.3) is 11.5 Å². The Kier molecular flexibility index (Phi) is 4.29. The number of alkyl halides is 2. The van der Waals surface area contributed by atoms with Crippen LogP contribution >= 0.6 is 0 Å². The van der Waals surface area contributed by atoms with Crippen molar-refractivity contribution in [2.24, 2.45) is 23.2 Å². The van der Waals surface area contributed by atoms with Crippen molar-refractivity contribution in [3.63, 3.8) is 0 Å². The van der Waals surface area contributed by atoms with Crippen molar-refractivity contribution in [2.45, 2.75) is 51.6 Å². The predicted octanol–water partition coefficient (Wildman–Crippen LogP) is 5.11. The molecule has 0 atom stereocenters. The Labute approximate surface area is 162 Å². The molecule has 150 valence electrons. The molecule has 2 aromatic rings. The molecular weight excluding hydrogens is 366 g/mol. The van der Waals surface area contributed by atoms with Gasteiger partial charge in [0, 0.05) is 12.0 Å². The van der Waals surface area contributed by atoms with E-state index in [1.807, 2.05) is 0 Å².